The van der Waals surface area contributed by atoms with Gasteiger partial charge in [0.1, 0.15) is 12.1 Å². The van der Waals surface area contributed by atoms with Gasteiger partial charge < -0.3 is 43.4 Å². The molecule has 6 atom stereocenters. The van der Waals surface area contributed by atoms with E-state index in [4.69, 9.17) is 17.2 Å². The Morgan fingerprint density at radius 2 is 1.46 bits per heavy atom. The number of hydrogen-bond acceptors (Lipinski definition) is 7. The van der Waals surface area contributed by atoms with Crippen molar-refractivity contribution in [3.05, 3.63) is 0 Å². The van der Waals surface area contributed by atoms with Crippen molar-refractivity contribution in [1.82, 2.24) is 16.0 Å². The minimum absolute atomic E-state index is 0.0339. The first-order valence-corrected chi connectivity index (χ1v) is 11.8. The number of aliphatic carboxylic acids is 1. The lowest BCUT2D eigenvalue weighted by atomic mass is 9.97. The zero-order valence-electron chi connectivity index (χ0n) is 21.3. The maximum atomic E-state index is 13.1. The number of aliphatic hydroxyl groups excluding tert-OH is 1. The molecule has 11 N–H and O–H groups in total. The Kier molecular flexibility index (Phi) is 14.5. The molecule has 0 fully saturated rings. The molecule has 0 aromatic carbocycles. The number of carboxylic acids is 1. The number of guanidine groups is 1. The summed E-state index contributed by atoms with van der Waals surface area (Å²) in [5.41, 5.74) is 16.6. The fourth-order valence-corrected chi connectivity index (χ4v) is 3.17. The van der Waals surface area contributed by atoms with Gasteiger partial charge in [0.2, 0.25) is 17.7 Å². The first-order chi connectivity index (χ1) is 16.2. The SMILES string of the molecule is CCC(C)C(N)C(=O)NC(CC(C)C)C(=O)NC(CCCN=C(N)N)C(=O)NC(C(=O)O)C(C)O. The zero-order chi connectivity index (χ0) is 27.3. The summed E-state index contributed by atoms with van der Waals surface area (Å²) in [6, 6.07) is -4.49. The third kappa shape index (κ3) is 12.4. The average molecular weight is 502 g/mol. The highest BCUT2D eigenvalue weighted by Gasteiger charge is 2.32. The van der Waals surface area contributed by atoms with Crippen LogP contribution in [0, 0.1) is 11.8 Å². The number of carbonyl (C=O) groups is 4. The normalized spacial score (nSPS) is 16.2. The number of rotatable bonds is 16. The fraction of sp³-hybridized carbons (Fsp3) is 0.773. The van der Waals surface area contributed by atoms with Crippen LogP contribution in [0.3, 0.4) is 0 Å². The van der Waals surface area contributed by atoms with Crippen molar-refractivity contribution in [2.45, 2.75) is 90.6 Å². The number of aliphatic imine (C=N–C) groups is 1. The van der Waals surface area contributed by atoms with Crippen LogP contribution in [0.2, 0.25) is 0 Å². The quantitative estimate of drug-likeness (QED) is 0.0688. The molecule has 0 aromatic rings. The minimum Gasteiger partial charge on any atom is -0.480 e. The van der Waals surface area contributed by atoms with E-state index in [1.807, 2.05) is 27.7 Å². The monoisotopic (exact) mass is 501 g/mol. The van der Waals surface area contributed by atoms with Gasteiger partial charge in [-0.3, -0.25) is 19.4 Å². The van der Waals surface area contributed by atoms with Crippen LogP contribution in [0.1, 0.15) is 60.3 Å². The van der Waals surface area contributed by atoms with Crippen molar-refractivity contribution in [3.8, 4) is 0 Å². The molecule has 13 nitrogen and oxygen atoms in total. The highest BCUT2D eigenvalue weighted by molar-refractivity contribution is 5.94. The van der Waals surface area contributed by atoms with Crippen molar-refractivity contribution in [2.75, 3.05) is 6.54 Å². The Labute approximate surface area is 206 Å². The number of carboxylic acid groups (broad SMARTS) is 1. The van der Waals surface area contributed by atoms with E-state index in [2.05, 4.69) is 20.9 Å². The highest BCUT2D eigenvalue weighted by Crippen LogP contribution is 2.10. The number of amides is 3. The second-order valence-corrected chi connectivity index (χ2v) is 9.18. The maximum Gasteiger partial charge on any atom is 0.328 e. The zero-order valence-corrected chi connectivity index (χ0v) is 21.3. The molecular formula is C22H43N7O6. The van der Waals surface area contributed by atoms with E-state index in [1.54, 1.807) is 0 Å². The van der Waals surface area contributed by atoms with Gasteiger partial charge in [0.15, 0.2) is 12.0 Å². The van der Waals surface area contributed by atoms with Crippen molar-refractivity contribution < 1.29 is 29.4 Å². The summed E-state index contributed by atoms with van der Waals surface area (Å²) in [7, 11) is 0. The second-order valence-electron chi connectivity index (χ2n) is 9.18. The van der Waals surface area contributed by atoms with Crippen LogP contribution in [0.4, 0.5) is 0 Å². The summed E-state index contributed by atoms with van der Waals surface area (Å²) in [4.78, 5) is 53.8. The summed E-state index contributed by atoms with van der Waals surface area (Å²) in [5, 5.41) is 26.4. The molecule has 0 aliphatic carbocycles. The van der Waals surface area contributed by atoms with Crippen LogP contribution in [0.5, 0.6) is 0 Å². The fourth-order valence-electron chi connectivity index (χ4n) is 3.17. The van der Waals surface area contributed by atoms with Gasteiger partial charge in [0, 0.05) is 6.54 Å². The maximum absolute atomic E-state index is 13.1. The van der Waals surface area contributed by atoms with Crippen LogP contribution in [-0.2, 0) is 19.2 Å². The van der Waals surface area contributed by atoms with E-state index >= 15 is 0 Å². The molecule has 0 radical (unpaired) electrons. The van der Waals surface area contributed by atoms with Crippen LogP contribution in [-0.4, -0.2) is 76.7 Å². The van der Waals surface area contributed by atoms with Crippen molar-refractivity contribution in [1.29, 1.82) is 0 Å². The van der Waals surface area contributed by atoms with E-state index in [-0.39, 0.29) is 30.8 Å². The predicted octanol–water partition coefficient (Wildman–Crippen LogP) is -1.62. The van der Waals surface area contributed by atoms with E-state index in [0.717, 1.165) is 0 Å². The van der Waals surface area contributed by atoms with E-state index in [1.165, 1.54) is 6.92 Å². The number of nitrogens with zero attached hydrogens (tertiary/aromatic N) is 1. The van der Waals surface area contributed by atoms with Crippen LogP contribution in [0.25, 0.3) is 0 Å². The van der Waals surface area contributed by atoms with Crippen LogP contribution >= 0.6 is 0 Å². The third-order valence-corrected chi connectivity index (χ3v) is 5.52. The first-order valence-electron chi connectivity index (χ1n) is 11.8. The summed E-state index contributed by atoms with van der Waals surface area (Å²) < 4.78 is 0. The Balaban J connectivity index is 5.65. The molecule has 0 aromatic heterocycles. The summed E-state index contributed by atoms with van der Waals surface area (Å²) in [6.07, 6.45) is -0.0254. The standard InChI is InChI=1S/C22H43N7O6/c1-6-12(4)16(23)20(33)28-15(10-11(2)3)19(32)27-14(8-7-9-26-22(24)25)18(31)29-17(13(5)30)21(34)35/h11-17,30H,6-10,23H2,1-5H3,(H,27,32)(H,28,33)(H,29,31)(H,34,35)(H4,24,25,26). The molecule has 0 bridgehead atoms. The van der Waals surface area contributed by atoms with Gasteiger partial charge in [-0.1, -0.05) is 34.1 Å². The predicted molar refractivity (Wildman–Crippen MR) is 132 cm³/mol. The molecule has 0 heterocycles. The van der Waals surface area contributed by atoms with Gasteiger partial charge in [-0.2, -0.15) is 0 Å². The molecule has 6 unspecified atom stereocenters. The molecule has 0 saturated carbocycles. The molecule has 13 heteroatoms. The lowest BCUT2D eigenvalue weighted by molar-refractivity contribution is -0.145. The second kappa shape index (κ2) is 15.9. The largest absolute Gasteiger partial charge is 0.480 e. The molecule has 202 valence electrons. The van der Waals surface area contributed by atoms with E-state index < -0.39 is 54.0 Å². The highest BCUT2D eigenvalue weighted by atomic mass is 16.4. The van der Waals surface area contributed by atoms with Crippen LogP contribution < -0.4 is 33.2 Å². The molecule has 3 amide bonds. The number of nitrogens with two attached hydrogens (primary N) is 3. The summed E-state index contributed by atoms with van der Waals surface area (Å²) in [5.74, 6) is -3.52. The lowest BCUT2D eigenvalue weighted by Crippen LogP contribution is -2.58. The first kappa shape index (κ1) is 32.1. The minimum atomic E-state index is -1.57. The van der Waals surface area contributed by atoms with Gasteiger partial charge in [0.05, 0.1) is 12.1 Å². The van der Waals surface area contributed by atoms with Crippen molar-refractivity contribution >= 4 is 29.7 Å². The number of aliphatic hydroxyl groups is 1. The lowest BCUT2D eigenvalue weighted by Gasteiger charge is -2.27. The molecule has 0 saturated heterocycles. The third-order valence-electron chi connectivity index (χ3n) is 5.52. The van der Waals surface area contributed by atoms with Crippen molar-refractivity contribution in [2.24, 2.45) is 34.0 Å². The molecule has 0 aliphatic heterocycles. The van der Waals surface area contributed by atoms with Crippen LogP contribution in [0.15, 0.2) is 4.99 Å². The topological polar surface area (TPSA) is 235 Å². The van der Waals surface area contributed by atoms with Gasteiger partial charge in [-0.05, 0) is 38.0 Å². The molecule has 35 heavy (non-hydrogen) atoms. The summed E-state index contributed by atoms with van der Waals surface area (Å²) >= 11 is 0. The molecular weight excluding hydrogens is 458 g/mol. The van der Waals surface area contributed by atoms with Gasteiger partial charge in [0.25, 0.3) is 0 Å². The van der Waals surface area contributed by atoms with E-state index in [9.17, 15) is 29.4 Å². The average Bonchev–Trinajstić information content (AvgIpc) is 2.76. The molecule has 0 spiro atoms. The van der Waals surface area contributed by atoms with E-state index in [0.29, 0.717) is 19.3 Å². The Hall–Kier alpha value is -2.93. The van der Waals surface area contributed by atoms with Gasteiger partial charge in [-0.15, -0.1) is 0 Å². The number of carbonyl (C=O) groups excluding carboxylic acids is 3. The smallest absolute Gasteiger partial charge is 0.328 e. The number of nitrogens with one attached hydrogen (secondary N) is 3. The molecule has 0 rings (SSSR count). The van der Waals surface area contributed by atoms with Gasteiger partial charge in [-0.25, -0.2) is 4.79 Å². The van der Waals surface area contributed by atoms with Gasteiger partial charge >= 0.3 is 5.97 Å². The Bertz CT molecular complexity index is 740. The Morgan fingerprint density at radius 3 is 1.91 bits per heavy atom. The molecule has 0 aliphatic rings. The number of hydrogen-bond donors (Lipinski definition) is 8. The Morgan fingerprint density at radius 1 is 0.914 bits per heavy atom. The van der Waals surface area contributed by atoms with Crippen molar-refractivity contribution in [3.63, 3.8) is 0 Å². The summed E-state index contributed by atoms with van der Waals surface area (Å²) in [6.45, 7) is 8.89.